The first-order chi connectivity index (χ1) is 12.1. The fourth-order valence-corrected chi connectivity index (χ4v) is 3.37. The molecule has 3 rings (SSSR count). The van der Waals surface area contributed by atoms with E-state index >= 15 is 0 Å². The number of carbonyl (C=O) groups is 1. The molecule has 0 saturated carbocycles. The lowest BCUT2D eigenvalue weighted by molar-refractivity contribution is -0.118. The van der Waals surface area contributed by atoms with Gasteiger partial charge in [0, 0.05) is 12.2 Å². The van der Waals surface area contributed by atoms with Crippen LogP contribution in [0.2, 0.25) is 0 Å². The van der Waals surface area contributed by atoms with Crippen LogP contribution in [0, 0.1) is 6.92 Å². The van der Waals surface area contributed by atoms with Crippen molar-refractivity contribution in [2.45, 2.75) is 13.5 Å². The summed E-state index contributed by atoms with van der Waals surface area (Å²) in [6, 6.07) is 12.9. The fourth-order valence-electron chi connectivity index (χ4n) is 2.43. The van der Waals surface area contributed by atoms with Gasteiger partial charge in [0.1, 0.15) is 5.75 Å². The van der Waals surface area contributed by atoms with Crippen LogP contribution in [0.3, 0.4) is 0 Å². The molecule has 128 valence electrons. The Kier molecular flexibility index (Phi) is 5.00. The van der Waals surface area contributed by atoms with E-state index in [0.29, 0.717) is 18.0 Å². The number of fused-ring (bicyclic) bond motifs is 1. The Morgan fingerprint density at radius 2 is 2.04 bits per heavy atom. The van der Waals surface area contributed by atoms with Crippen molar-refractivity contribution < 1.29 is 9.53 Å². The Morgan fingerprint density at radius 3 is 2.76 bits per heavy atom. The van der Waals surface area contributed by atoms with Crippen molar-refractivity contribution >= 4 is 33.1 Å². The maximum absolute atomic E-state index is 12.1. The van der Waals surface area contributed by atoms with Crippen molar-refractivity contribution in [3.8, 4) is 5.75 Å². The minimum absolute atomic E-state index is 0.0407. The molecule has 3 aromatic rings. The average Bonchev–Trinajstić information content (AvgIpc) is 2.90. The number of nitrogens with zero attached hydrogens (tertiary/aromatic N) is 1. The summed E-state index contributed by atoms with van der Waals surface area (Å²) in [6.45, 7) is 6.05. The number of aromatic nitrogens is 1. The SMILES string of the molecule is C=CCn1c(=O)sc2cc(NC(=O)COc3ccc(C)cc3)ccc21. The molecule has 0 spiro atoms. The highest BCUT2D eigenvalue weighted by molar-refractivity contribution is 7.16. The number of thiazole rings is 1. The monoisotopic (exact) mass is 354 g/mol. The molecular weight excluding hydrogens is 336 g/mol. The molecule has 25 heavy (non-hydrogen) atoms. The van der Waals surface area contributed by atoms with E-state index in [1.807, 2.05) is 37.3 Å². The summed E-state index contributed by atoms with van der Waals surface area (Å²) in [5, 5.41) is 2.79. The molecule has 0 aliphatic carbocycles. The maximum Gasteiger partial charge on any atom is 0.308 e. The molecule has 1 N–H and O–H groups in total. The molecular formula is C19H18N2O3S. The van der Waals surface area contributed by atoms with E-state index in [9.17, 15) is 9.59 Å². The van der Waals surface area contributed by atoms with E-state index < -0.39 is 0 Å². The smallest absolute Gasteiger partial charge is 0.308 e. The van der Waals surface area contributed by atoms with Crippen molar-refractivity contribution in [2.75, 3.05) is 11.9 Å². The number of ether oxygens (including phenoxy) is 1. The van der Waals surface area contributed by atoms with Gasteiger partial charge >= 0.3 is 4.87 Å². The third-order valence-corrected chi connectivity index (χ3v) is 4.60. The number of allylic oxidation sites excluding steroid dienone is 1. The molecule has 0 aliphatic rings. The zero-order chi connectivity index (χ0) is 17.8. The fraction of sp³-hybridized carbons (Fsp3) is 0.158. The van der Waals surface area contributed by atoms with Gasteiger partial charge in [0.2, 0.25) is 0 Å². The number of hydrogen-bond acceptors (Lipinski definition) is 4. The molecule has 1 amide bonds. The zero-order valence-corrected chi connectivity index (χ0v) is 14.6. The summed E-state index contributed by atoms with van der Waals surface area (Å²) in [7, 11) is 0. The summed E-state index contributed by atoms with van der Waals surface area (Å²) in [5.41, 5.74) is 2.60. The molecule has 1 aromatic heterocycles. The minimum atomic E-state index is -0.252. The molecule has 2 aromatic carbocycles. The van der Waals surface area contributed by atoms with Gasteiger partial charge in [-0.25, -0.2) is 0 Å². The van der Waals surface area contributed by atoms with Crippen molar-refractivity contribution in [1.29, 1.82) is 0 Å². The maximum atomic E-state index is 12.1. The van der Waals surface area contributed by atoms with Gasteiger partial charge in [-0.2, -0.15) is 0 Å². The van der Waals surface area contributed by atoms with Gasteiger partial charge in [0.05, 0.1) is 10.2 Å². The highest BCUT2D eigenvalue weighted by atomic mass is 32.1. The second-order valence-electron chi connectivity index (χ2n) is 5.60. The predicted octanol–water partition coefficient (Wildman–Crippen LogP) is 3.57. The lowest BCUT2D eigenvalue weighted by Crippen LogP contribution is -2.20. The van der Waals surface area contributed by atoms with Crippen LogP contribution in [-0.2, 0) is 11.3 Å². The highest BCUT2D eigenvalue weighted by Gasteiger charge is 2.09. The molecule has 0 saturated heterocycles. The van der Waals surface area contributed by atoms with Crippen LogP contribution in [0.15, 0.2) is 59.9 Å². The largest absolute Gasteiger partial charge is 0.484 e. The third-order valence-electron chi connectivity index (χ3n) is 3.65. The molecule has 0 bridgehead atoms. The van der Waals surface area contributed by atoms with Crippen LogP contribution < -0.4 is 14.9 Å². The molecule has 0 aliphatic heterocycles. The number of hydrogen-bond donors (Lipinski definition) is 1. The molecule has 0 fully saturated rings. The van der Waals surface area contributed by atoms with Crippen LogP contribution in [-0.4, -0.2) is 17.1 Å². The van der Waals surface area contributed by atoms with Crippen LogP contribution >= 0.6 is 11.3 Å². The summed E-state index contributed by atoms with van der Waals surface area (Å²) in [6.07, 6.45) is 1.69. The molecule has 0 unspecified atom stereocenters. The number of anilines is 1. The van der Waals surface area contributed by atoms with E-state index in [1.54, 1.807) is 22.8 Å². The van der Waals surface area contributed by atoms with Crippen molar-refractivity contribution in [2.24, 2.45) is 0 Å². The number of amides is 1. The van der Waals surface area contributed by atoms with Gasteiger partial charge in [-0.15, -0.1) is 6.58 Å². The van der Waals surface area contributed by atoms with Crippen LogP contribution in [0.25, 0.3) is 10.2 Å². The first-order valence-electron chi connectivity index (χ1n) is 7.80. The second-order valence-corrected chi connectivity index (χ2v) is 6.59. The zero-order valence-electron chi connectivity index (χ0n) is 13.8. The lowest BCUT2D eigenvalue weighted by Gasteiger charge is -2.08. The molecule has 6 heteroatoms. The number of rotatable bonds is 6. The number of benzene rings is 2. The van der Waals surface area contributed by atoms with E-state index in [1.165, 1.54) is 0 Å². The summed E-state index contributed by atoms with van der Waals surface area (Å²) in [5.74, 6) is 0.397. The Hall–Kier alpha value is -2.86. The van der Waals surface area contributed by atoms with E-state index in [-0.39, 0.29) is 17.4 Å². The van der Waals surface area contributed by atoms with Crippen molar-refractivity contribution in [3.05, 3.63) is 70.4 Å². The highest BCUT2D eigenvalue weighted by Crippen LogP contribution is 2.22. The van der Waals surface area contributed by atoms with E-state index in [4.69, 9.17) is 4.74 Å². The van der Waals surface area contributed by atoms with Gasteiger partial charge < -0.3 is 10.1 Å². The molecule has 0 radical (unpaired) electrons. The first-order valence-corrected chi connectivity index (χ1v) is 8.62. The summed E-state index contributed by atoms with van der Waals surface area (Å²) >= 11 is 1.15. The van der Waals surface area contributed by atoms with Crippen LogP contribution in [0.4, 0.5) is 5.69 Å². The number of nitrogens with one attached hydrogen (secondary N) is 1. The van der Waals surface area contributed by atoms with Crippen molar-refractivity contribution in [3.63, 3.8) is 0 Å². The van der Waals surface area contributed by atoms with Gasteiger partial charge in [-0.05, 0) is 37.3 Å². The summed E-state index contributed by atoms with van der Waals surface area (Å²) < 4.78 is 7.94. The number of carbonyl (C=O) groups excluding carboxylic acids is 1. The van der Waals surface area contributed by atoms with Gasteiger partial charge in [0.15, 0.2) is 6.61 Å². The Morgan fingerprint density at radius 1 is 1.28 bits per heavy atom. The Labute approximate surface area is 149 Å². The van der Waals surface area contributed by atoms with Crippen molar-refractivity contribution in [1.82, 2.24) is 4.57 Å². The molecule has 5 nitrogen and oxygen atoms in total. The minimum Gasteiger partial charge on any atom is -0.484 e. The predicted molar refractivity (Wildman–Crippen MR) is 102 cm³/mol. The normalized spacial score (nSPS) is 10.6. The Bertz CT molecular complexity index is 970. The van der Waals surface area contributed by atoms with E-state index in [2.05, 4.69) is 11.9 Å². The molecule has 0 atom stereocenters. The quantitative estimate of drug-likeness (QED) is 0.689. The van der Waals surface area contributed by atoms with Gasteiger partial charge in [0.25, 0.3) is 5.91 Å². The second kappa shape index (κ2) is 7.36. The summed E-state index contributed by atoms with van der Waals surface area (Å²) in [4.78, 5) is 24.0. The lowest BCUT2D eigenvalue weighted by atomic mass is 10.2. The van der Waals surface area contributed by atoms with E-state index in [0.717, 1.165) is 27.1 Å². The Balaban J connectivity index is 1.67. The van der Waals surface area contributed by atoms with Crippen LogP contribution in [0.5, 0.6) is 5.75 Å². The third kappa shape index (κ3) is 3.97. The topological polar surface area (TPSA) is 60.3 Å². The number of aryl methyl sites for hydroxylation is 1. The van der Waals surface area contributed by atoms with Crippen LogP contribution in [0.1, 0.15) is 5.56 Å². The van der Waals surface area contributed by atoms with Gasteiger partial charge in [-0.1, -0.05) is 35.1 Å². The van der Waals surface area contributed by atoms with Gasteiger partial charge in [-0.3, -0.25) is 14.2 Å². The standard InChI is InChI=1S/C19H18N2O3S/c1-3-10-21-16-9-6-14(11-17(16)25-19(21)23)20-18(22)12-24-15-7-4-13(2)5-8-15/h3-9,11H,1,10,12H2,2H3,(H,20,22). The molecule has 1 heterocycles. The average molecular weight is 354 g/mol. The first kappa shape index (κ1) is 17.0.